The molecule has 10 heteroatoms. The molecule has 0 aliphatic carbocycles. The van der Waals surface area contributed by atoms with Crippen LogP contribution in [0.15, 0.2) is 12.0 Å². The molecule has 1 N–H and O–H groups in total. The van der Waals surface area contributed by atoms with Crippen LogP contribution in [0.4, 0.5) is 9.80 Å². The van der Waals surface area contributed by atoms with E-state index in [0.717, 1.165) is 10.4 Å². The first-order valence-corrected chi connectivity index (χ1v) is 9.27. The standard InChI is InChI=1S/C17H20N2O7S/c1-3-25-17(22)19-5-4-10-12(8-19)27-15(13(10)16(21)23-2)18-14(20)11-9-24-6-7-26-11/h9H,3-8H2,1-2H3,(H,18,20). The second kappa shape index (κ2) is 8.30. The molecule has 9 nitrogen and oxygen atoms in total. The Labute approximate surface area is 159 Å². The van der Waals surface area contributed by atoms with Crippen molar-refractivity contribution < 1.29 is 33.3 Å². The molecule has 3 rings (SSSR count). The normalized spacial score (nSPS) is 15.6. The van der Waals surface area contributed by atoms with E-state index in [1.165, 1.54) is 24.7 Å². The van der Waals surface area contributed by atoms with Gasteiger partial charge in [0.15, 0.2) is 0 Å². The number of carbonyl (C=O) groups excluding carboxylic acids is 3. The molecule has 0 radical (unpaired) electrons. The molecule has 2 aliphatic heterocycles. The number of rotatable bonds is 4. The van der Waals surface area contributed by atoms with Crippen molar-refractivity contribution in [1.29, 1.82) is 0 Å². The SMILES string of the molecule is CCOC(=O)N1CCc2c(sc(NC(=O)C3=COCCO3)c2C(=O)OC)C1. The Balaban J connectivity index is 1.86. The number of hydrogen-bond acceptors (Lipinski definition) is 8. The smallest absolute Gasteiger partial charge is 0.410 e. The van der Waals surface area contributed by atoms with Crippen LogP contribution in [0.25, 0.3) is 0 Å². The molecular weight excluding hydrogens is 376 g/mol. The van der Waals surface area contributed by atoms with E-state index in [4.69, 9.17) is 18.9 Å². The highest BCUT2D eigenvalue weighted by atomic mass is 32.1. The minimum absolute atomic E-state index is 0.0385. The maximum absolute atomic E-state index is 12.4. The maximum atomic E-state index is 12.4. The molecule has 0 atom stereocenters. The topological polar surface area (TPSA) is 103 Å². The number of nitrogens with one attached hydrogen (secondary N) is 1. The highest BCUT2D eigenvalue weighted by molar-refractivity contribution is 7.17. The zero-order valence-electron chi connectivity index (χ0n) is 15.0. The molecule has 0 saturated carbocycles. The van der Waals surface area contributed by atoms with Gasteiger partial charge in [0.1, 0.15) is 24.5 Å². The molecule has 0 aromatic carbocycles. The molecule has 0 unspecified atom stereocenters. The summed E-state index contributed by atoms with van der Waals surface area (Å²) in [6.45, 7) is 3.41. The summed E-state index contributed by atoms with van der Waals surface area (Å²) in [7, 11) is 1.28. The number of thiophene rings is 1. The van der Waals surface area contributed by atoms with Crippen LogP contribution in [-0.4, -0.2) is 56.3 Å². The monoisotopic (exact) mass is 396 g/mol. The van der Waals surface area contributed by atoms with Crippen molar-refractivity contribution >= 4 is 34.3 Å². The molecule has 0 bridgehead atoms. The van der Waals surface area contributed by atoms with Crippen molar-refractivity contribution in [2.75, 3.05) is 38.8 Å². The summed E-state index contributed by atoms with van der Waals surface area (Å²) in [6.07, 6.45) is 1.31. The van der Waals surface area contributed by atoms with Gasteiger partial charge in [0, 0.05) is 11.4 Å². The molecule has 0 fully saturated rings. The number of esters is 1. The van der Waals surface area contributed by atoms with E-state index >= 15 is 0 Å². The van der Waals surface area contributed by atoms with Gasteiger partial charge in [-0.1, -0.05) is 0 Å². The Hall–Kier alpha value is -2.75. The summed E-state index contributed by atoms with van der Waals surface area (Å²) in [6, 6.07) is 0. The van der Waals surface area contributed by atoms with E-state index in [9.17, 15) is 14.4 Å². The average Bonchev–Trinajstić information content (AvgIpc) is 3.05. The van der Waals surface area contributed by atoms with Gasteiger partial charge in [0.2, 0.25) is 5.76 Å². The Kier molecular flexibility index (Phi) is 5.84. The third kappa shape index (κ3) is 4.00. The summed E-state index contributed by atoms with van der Waals surface area (Å²) in [5.41, 5.74) is 1.09. The van der Waals surface area contributed by atoms with Gasteiger partial charge in [0.25, 0.3) is 5.91 Å². The number of carbonyl (C=O) groups is 3. The van der Waals surface area contributed by atoms with Crippen LogP contribution < -0.4 is 5.32 Å². The van der Waals surface area contributed by atoms with Crippen molar-refractivity contribution in [2.24, 2.45) is 0 Å². The molecule has 3 heterocycles. The van der Waals surface area contributed by atoms with Gasteiger partial charge < -0.3 is 29.2 Å². The van der Waals surface area contributed by atoms with Gasteiger partial charge in [-0.3, -0.25) is 4.79 Å². The summed E-state index contributed by atoms with van der Waals surface area (Å²) < 4.78 is 20.3. The fraction of sp³-hybridized carbons (Fsp3) is 0.471. The molecule has 0 saturated heterocycles. The zero-order valence-corrected chi connectivity index (χ0v) is 15.8. The van der Waals surface area contributed by atoms with Crippen LogP contribution in [0.2, 0.25) is 0 Å². The van der Waals surface area contributed by atoms with Crippen LogP contribution in [0.1, 0.15) is 27.7 Å². The number of methoxy groups -OCH3 is 1. The lowest BCUT2D eigenvalue weighted by Gasteiger charge is -2.26. The number of hydrogen-bond donors (Lipinski definition) is 1. The molecule has 27 heavy (non-hydrogen) atoms. The van der Waals surface area contributed by atoms with E-state index in [-0.39, 0.29) is 12.4 Å². The second-order valence-corrected chi connectivity index (χ2v) is 6.83. The quantitative estimate of drug-likeness (QED) is 0.775. The van der Waals surface area contributed by atoms with Crippen LogP contribution in [0.5, 0.6) is 0 Å². The lowest BCUT2D eigenvalue weighted by atomic mass is 10.0. The van der Waals surface area contributed by atoms with Gasteiger partial charge in [0.05, 0.1) is 25.8 Å². The van der Waals surface area contributed by atoms with E-state index < -0.39 is 18.0 Å². The highest BCUT2D eigenvalue weighted by Gasteiger charge is 2.32. The molecule has 1 aromatic rings. The van der Waals surface area contributed by atoms with Crippen LogP contribution in [0.3, 0.4) is 0 Å². The molecule has 1 aromatic heterocycles. The number of amides is 2. The van der Waals surface area contributed by atoms with Gasteiger partial charge in [-0.15, -0.1) is 11.3 Å². The molecule has 146 valence electrons. The minimum atomic E-state index is -0.540. The third-order valence-corrected chi connectivity index (χ3v) is 5.20. The fourth-order valence-corrected chi connectivity index (χ4v) is 4.08. The first-order valence-electron chi connectivity index (χ1n) is 8.45. The summed E-state index contributed by atoms with van der Waals surface area (Å²) in [5, 5.41) is 3.05. The molecule has 2 amide bonds. The van der Waals surface area contributed by atoms with Crippen molar-refractivity contribution in [2.45, 2.75) is 19.9 Å². The van der Waals surface area contributed by atoms with Crippen molar-refractivity contribution in [3.63, 3.8) is 0 Å². The van der Waals surface area contributed by atoms with E-state index in [0.29, 0.717) is 43.3 Å². The number of ether oxygens (including phenoxy) is 4. The summed E-state index contributed by atoms with van der Waals surface area (Å²) in [5.74, 6) is -1.01. The molecule has 2 aliphatic rings. The Morgan fingerprint density at radius 1 is 1.33 bits per heavy atom. The Bertz CT molecular complexity index is 786. The van der Waals surface area contributed by atoms with E-state index in [2.05, 4.69) is 5.32 Å². The van der Waals surface area contributed by atoms with Crippen molar-refractivity contribution in [3.8, 4) is 0 Å². The van der Waals surface area contributed by atoms with Crippen LogP contribution >= 0.6 is 11.3 Å². The lowest BCUT2D eigenvalue weighted by molar-refractivity contribution is -0.117. The molecular formula is C17H20N2O7S. The predicted octanol–water partition coefficient (Wildman–Crippen LogP) is 1.88. The maximum Gasteiger partial charge on any atom is 0.410 e. The van der Waals surface area contributed by atoms with Gasteiger partial charge in [-0.25, -0.2) is 9.59 Å². The fourth-order valence-electron chi connectivity index (χ4n) is 2.83. The second-order valence-electron chi connectivity index (χ2n) is 5.73. The number of nitrogens with zero attached hydrogens (tertiary/aromatic N) is 1. The van der Waals surface area contributed by atoms with E-state index in [1.807, 2.05) is 0 Å². The van der Waals surface area contributed by atoms with Gasteiger partial charge in [-0.05, 0) is 18.9 Å². The predicted molar refractivity (Wildman–Crippen MR) is 95.4 cm³/mol. The zero-order chi connectivity index (χ0) is 19.4. The van der Waals surface area contributed by atoms with Crippen LogP contribution in [0, 0.1) is 0 Å². The summed E-state index contributed by atoms with van der Waals surface area (Å²) in [4.78, 5) is 39.0. The Morgan fingerprint density at radius 2 is 2.15 bits per heavy atom. The van der Waals surface area contributed by atoms with Crippen LogP contribution in [-0.2, 0) is 36.7 Å². The number of fused-ring (bicyclic) bond motifs is 1. The minimum Gasteiger partial charge on any atom is -0.494 e. The summed E-state index contributed by atoms with van der Waals surface area (Å²) >= 11 is 1.23. The lowest BCUT2D eigenvalue weighted by Crippen LogP contribution is -2.36. The third-order valence-electron chi connectivity index (χ3n) is 4.07. The van der Waals surface area contributed by atoms with Gasteiger partial charge in [-0.2, -0.15) is 0 Å². The highest BCUT2D eigenvalue weighted by Crippen LogP contribution is 2.38. The van der Waals surface area contributed by atoms with Crippen molar-refractivity contribution in [3.05, 3.63) is 28.0 Å². The van der Waals surface area contributed by atoms with Gasteiger partial charge >= 0.3 is 12.1 Å². The van der Waals surface area contributed by atoms with Crippen molar-refractivity contribution in [1.82, 2.24) is 4.90 Å². The average molecular weight is 396 g/mol. The first kappa shape index (κ1) is 19.0. The Morgan fingerprint density at radius 3 is 2.81 bits per heavy atom. The number of anilines is 1. The largest absolute Gasteiger partial charge is 0.494 e. The first-order chi connectivity index (χ1) is 13.0. The van der Waals surface area contributed by atoms with E-state index in [1.54, 1.807) is 11.8 Å². The molecule has 0 spiro atoms.